The van der Waals surface area contributed by atoms with Gasteiger partial charge in [-0.3, -0.25) is 4.90 Å². The number of nitrogens with zero attached hydrogens (tertiary/aromatic N) is 4. The van der Waals surface area contributed by atoms with Crippen LogP contribution in [0.5, 0.6) is 0 Å². The zero-order valence-corrected chi connectivity index (χ0v) is 15.8. The Bertz CT molecular complexity index is 738. The molecule has 1 aliphatic heterocycles. The fourth-order valence-electron chi connectivity index (χ4n) is 3.45. The van der Waals surface area contributed by atoms with Crippen molar-refractivity contribution in [2.75, 3.05) is 25.9 Å². The number of likely N-dealkylation sites (tertiary alicyclic amines) is 1. The standard InChI is InChI=1S/C20H28N6O/c1-25(15-19-22-11-9-18(21)24-19)17-8-5-12-26(13-10-17)20(27)23-14-16-6-3-2-4-7-16/h2-4,6-7,9,11,17H,5,8,10,12-15H2,1H3,(H,23,27)(H2,21,22,24)/t17-/m1/s1. The van der Waals surface area contributed by atoms with Crippen molar-refractivity contribution in [1.82, 2.24) is 25.1 Å². The lowest BCUT2D eigenvalue weighted by Crippen LogP contribution is -2.40. The first-order valence-electron chi connectivity index (χ1n) is 9.46. The maximum Gasteiger partial charge on any atom is 0.317 e. The van der Waals surface area contributed by atoms with Crippen molar-refractivity contribution in [3.8, 4) is 0 Å². The second kappa shape index (κ2) is 9.32. The highest BCUT2D eigenvalue weighted by atomic mass is 16.2. The third-order valence-corrected chi connectivity index (χ3v) is 5.01. The fraction of sp³-hybridized carbons (Fsp3) is 0.450. The first-order valence-corrected chi connectivity index (χ1v) is 9.46. The van der Waals surface area contributed by atoms with Gasteiger partial charge in [-0.25, -0.2) is 14.8 Å². The van der Waals surface area contributed by atoms with Gasteiger partial charge in [0.25, 0.3) is 0 Å². The van der Waals surface area contributed by atoms with Gasteiger partial charge >= 0.3 is 6.03 Å². The maximum absolute atomic E-state index is 12.5. The number of nitrogens with one attached hydrogen (secondary N) is 1. The van der Waals surface area contributed by atoms with E-state index in [0.29, 0.717) is 24.9 Å². The van der Waals surface area contributed by atoms with Crippen LogP contribution in [0.1, 0.15) is 30.7 Å². The van der Waals surface area contributed by atoms with E-state index in [0.717, 1.165) is 43.7 Å². The average Bonchev–Trinajstić information content (AvgIpc) is 2.93. The number of aromatic nitrogens is 2. The minimum atomic E-state index is 0.0151. The Morgan fingerprint density at radius 2 is 2.07 bits per heavy atom. The number of carbonyl (C=O) groups excluding carboxylic acids is 1. The second-order valence-corrected chi connectivity index (χ2v) is 7.03. The monoisotopic (exact) mass is 368 g/mol. The summed E-state index contributed by atoms with van der Waals surface area (Å²) < 4.78 is 0. The van der Waals surface area contributed by atoms with Gasteiger partial charge in [0.05, 0.1) is 6.54 Å². The number of rotatable bonds is 5. The third kappa shape index (κ3) is 5.65. The number of nitrogen functional groups attached to an aromatic ring is 1. The number of carbonyl (C=O) groups is 1. The molecule has 1 aromatic heterocycles. The van der Waals surface area contributed by atoms with E-state index in [1.807, 2.05) is 35.2 Å². The van der Waals surface area contributed by atoms with Crippen LogP contribution in [0.2, 0.25) is 0 Å². The van der Waals surface area contributed by atoms with Crippen LogP contribution in [0.25, 0.3) is 0 Å². The molecule has 1 aromatic carbocycles. The van der Waals surface area contributed by atoms with E-state index in [2.05, 4.69) is 27.2 Å². The van der Waals surface area contributed by atoms with Crippen molar-refractivity contribution in [1.29, 1.82) is 0 Å². The van der Waals surface area contributed by atoms with E-state index in [-0.39, 0.29) is 6.03 Å². The number of urea groups is 1. The number of anilines is 1. The number of amides is 2. The average molecular weight is 368 g/mol. The fourth-order valence-corrected chi connectivity index (χ4v) is 3.45. The Morgan fingerprint density at radius 3 is 2.85 bits per heavy atom. The molecule has 27 heavy (non-hydrogen) atoms. The van der Waals surface area contributed by atoms with E-state index in [9.17, 15) is 4.79 Å². The minimum Gasteiger partial charge on any atom is -0.384 e. The predicted molar refractivity (Wildman–Crippen MR) is 106 cm³/mol. The van der Waals surface area contributed by atoms with Crippen LogP contribution in [0, 0.1) is 0 Å². The van der Waals surface area contributed by atoms with Gasteiger partial charge in [-0.05, 0) is 37.9 Å². The van der Waals surface area contributed by atoms with Gasteiger partial charge in [-0.1, -0.05) is 30.3 Å². The molecule has 0 saturated carbocycles. The quantitative estimate of drug-likeness (QED) is 0.845. The minimum absolute atomic E-state index is 0.0151. The van der Waals surface area contributed by atoms with Crippen LogP contribution in [0.15, 0.2) is 42.6 Å². The molecule has 1 saturated heterocycles. The van der Waals surface area contributed by atoms with E-state index in [1.165, 1.54) is 0 Å². The molecule has 0 radical (unpaired) electrons. The molecule has 2 heterocycles. The van der Waals surface area contributed by atoms with Gasteiger partial charge in [0.1, 0.15) is 11.6 Å². The lowest BCUT2D eigenvalue weighted by atomic mass is 10.1. The van der Waals surface area contributed by atoms with Gasteiger partial charge in [0.15, 0.2) is 0 Å². The van der Waals surface area contributed by atoms with Gasteiger partial charge in [-0.15, -0.1) is 0 Å². The van der Waals surface area contributed by atoms with Gasteiger partial charge < -0.3 is 16.0 Å². The topological polar surface area (TPSA) is 87.4 Å². The summed E-state index contributed by atoms with van der Waals surface area (Å²) in [5.41, 5.74) is 6.85. The van der Waals surface area contributed by atoms with Crippen LogP contribution in [-0.4, -0.2) is 52.0 Å². The van der Waals surface area contributed by atoms with Crippen LogP contribution in [0.4, 0.5) is 10.6 Å². The zero-order valence-electron chi connectivity index (χ0n) is 15.8. The van der Waals surface area contributed by atoms with Crippen LogP contribution >= 0.6 is 0 Å². The van der Waals surface area contributed by atoms with Crippen molar-refractivity contribution >= 4 is 11.8 Å². The summed E-state index contributed by atoms with van der Waals surface area (Å²) in [7, 11) is 2.09. The smallest absolute Gasteiger partial charge is 0.317 e. The first kappa shape index (κ1) is 19.1. The summed E-state index contributed by atoms with van der Waals surface area (Å²) in [6.07, 6.45) is 4.68. The van der Waals surface area contributed by atoms with Gasteiger partial charge in [-0.2, -0.15) is 0 Å². The van der Waals surface area contributed by atoms with Gasteiger partial charge in [0, 0.05) is 31.9 Å². The Kier molecular flexibility index (Phi) is 6.59. The van der Waals surface area contributed by atoms with E-state index in [4.69, 9.17) is 5.73 Å². The molecule has 0 spiro atoms. The summed E-state index contributed by atoms with van der Waals surface area (Å²) in [5, 5.41) is 3.03. The molecule has 2 amide bonds. The molecule has 3 N–H and O–H groups in total. The number of hydrogen-bond acceptors (Lipinski definition) is 5. The van der Waals surface area contributed by atoms with E-state index >= 15 is 0 Å². The zero-order chi connectivity index (χ0) is 19.1. The molecule has 1 aliphatic rings. The summed E-state index contributed by atoms with van der Waals surface area (Å²) in [6.45, 7) is 2.77. The molecule has 7 heteroatoms. The van der Waals surface area contributed by atoms with Crippen molar-refractivity contribution < 1.29 is 4.79 Å². The molecule has 0 aliphatic carbocycles. The number of nitrogens with two attached hydrogens (primary N) is 1. The molecular formula is C20H28N6O. The highest BCUT2D eigenvalue weighted by Gasteiger charge is 2.23. The van der Waals surface area contributed by atoms with E-state index < -0.39 is 0 Å². The molecule has 1 atom stereocenters. The molecule has 2 aromatic rings. The molecule has 1 fully saturated rings. The molecule has 0 unspecified atom stereocenters. The van der Waals surface area contributed by atoms with Crippen molar-refractivity contribution in [3.63, 3.8) is 0 Å². The first-order chi connectivity index (χ1) is 13.1. The van der Waals surface area contributed by atoms with Crippen molar-refractivity contribution in [2.24, 2.45) is 0 Å². The summed E-state index contributed by atoms with van der Waals surface area (Å²) in [4.78, 5) is 25.3. The molecular weight excluding hydrogens is 340 g/mol. The normalized spacial score (nSPS) is 17.6. The lowest BCUT2D eigenvalue weighted by molar-refractivity contribution is 0.190. The predicted octanol–water partition coefficient (Wildman–Crippen LogP) is 2.25. The van der Waals surface area contributed by atoms with Crippen LogP contribution < -0.4 is 11.1 Å². The Morgan fingerprint density at radius 1 is 1.26 bits per heavy atom. The largest absolute Gasteiger partial charge is 0.384 e. The highest BCUT2D eigenvalue weighted by Crippen LogP contribution is 2.17. The Hall–Kier alpha value is -2.67. The van der Waals surface area contributed by atoms with Crippen molar-refractivity contribution in [3.05, 3.63) is 54.0 Å². The van der Waals surface area contributed by atoms with Gasteiger partial charge in [0.2, 0.25) is 0 Å². The maximum atomic E-state index is 12.5. The molecule has 7 nitrogen and oxygen atoms in total. The summed E-state index contributed by atoms with van der Waals surface area (Å²) in [6, 6.07) is 12.1. The Labute approximate surface area is 160 Å². The van der Waals surface area contributed by atoms with Crippen molar-refractivity contribution in [2.45, 2.75) is 38.4 Å². The second-order valence-electron chi connectivity index (χ2n) is 7.03. The third-order valence-electron chi connectivity index (χ3n) is 5.01. The number of benzene rings is 1. The summed E-state index contributed by atoms with van der Waals surface area (Å²) in [5.74, 6) is 1.23. The SMILES string of the molecule is CN(Cc1nccc(N)n1)[C@@H]1CCCN(C(=O)NCc2ccccc2)CC1. The summed E-state index contributed by atoms with van der Waals surface area (Å²) >= 11 is 0. The highest BCUT2D eigenvalue weighted by molar-refractivity contribution is 5.74. The van der Waals surface area contributed by atoms with Crippen LogP contribution in [-0.2, 0) is 13.1 Å². The van der Waals surface area contributed by atoms with Crippen LogP contribution in [0.3, 0.4) is 0 Å². The molecule has 144 valence electrons. The molecule has 3 rings (SSSR count). The Balaban J connectivity index is 1.48. The lowest BCUT2D eigenvalue weighted by Gasteiger charge is -2.26. The molecule has 0 bridgehead atoms. The van der Waals surface area contributed by atoms with E-state index in [1.54, 1.807) is 12.3 Å². The number of hydrogen-bond donors (Lipinski definition) is 2.